The lowest BCUT2D eigenvalue weighted by Crippen LogP contribution is -2.57. The third kappa shape index (κ3) is 4.80. The molecule has 1 aliphatic rings. The van der Waals surface area contributed by atoms with E-state index in [2.05, 4.69) is 5.32 Å². The molecule has 2 N–H and O–H groups in total. The molecule has 8 heteroatoms. The number of hydrogen-bond acceptors (Lipinski definition) is 5. The minimum absolute atomic E-state index is 0.0407. The molecule has 1 aliphatic heterocycles. The van der Waals surface area contributed by atoms with Crippen LogP contribution in [0.5, 0.6) is 0 Å². The second-order valence-electron chi connectivity index (χ2n) is 6.01. The molecule has 1 saturated heterocycles. The molecule has 0 bridgehead atoms. The van der Waals surface area contributed by atoms with Gasteiger partial charge in [-0.1, -0.05) is 0 Å². The summed E-state index contributed by atoms with van der Waals surface area (Å²) in [4.78, 5) is 36.7. The van der Waals surface area contributed by atoms with Crippen LogP contribution in [-0.4, -0.2) is 64.2 Å². The monoisotopic (exact) mass is 318 g/mol. The van der Waals surface area contributed by atoms with Crippen LogP contribution in [-0.2, 0) is 14.3 Å². The fourth-order valence-corrected chi connectivity index (χ4v) is 2.50. The second-order valence-corrected chi connectivity index (χ2v) is 6.88. The number of carboxylic acids is 1. The zero-order valence-corrected chi connectivity index (χ0v) is 13.6. The van der Waals surface area contributed by atoms with Gasteiger partial charge in [-0.15, -0.1) is 0 Å². The molecule has 1 heterocycles. The molecule has 0 aliphatic carbocycles. The van der Waals surface area contributed by atoms with Crippen molar-refractivity contribution in [1.29, 1.82) is 0 Å². The zero-order chi connectivity index (χ0) is 16.3. The van der Waals surface area contributed by atoms with Gasteiger partial charge in [0.1, 0.15) is 5.60 Å². The van der Waals surface area contributed by atoms with Gasteiger partial charge < -0.3 is 20.1 Å². The van der Waals surface area contributed by atoms with Crippen molar-refractivity contribution < 1.29 is 24.2 Å². The van der Waals surface area contributed by atoms with E-state index in [9.17, 15) is 19.5 Å². The van der Waals surface area contributed by atoms with E-state index in [1.807, 2.05) is 0 Å². The van der Waals surface area contributed by atoms with Crippen molar-refractivity contribution in [1.82, 2.24) is 10.2 Å². The first-order valence-electron chi connectivity index (χ1n) is 6.61. The lowest BCUT2D eigenvalue weighted by molar-refractivity contribution is -0.144. The summed E-state index contributed by atoms with van der Waals surface area (Å²) >= 11 is 1.38. The lowest BCUT2D eigenvalue weighted by atomic mass is 9.99. The van der Waals surface area contributed by atoms with Gasteiger partial charge in [0.05, 0.1) is 12.3 Å². The number of hydrogen-bond donors (Lipinski definition) is 2. The first-order valence-corrected chi connectivity index (χ1v) is 8.00. The number of thioether (sulfide) groups is 1. The van der Waals surface area contributed by atoms with Gasteiger partial charge in [0.25, 0.3) is 0 Å². The van der Waals surface area contributed by atoms with Crippen LogP contribution < -0.4 is 5.32 Å². The fraction of sp³-hybridized carbons (Fsp3) is 0.769. The first kappa shape index (κ1) is 17.6. The van der Waals surface area contributed by atoms with Gasteiger partial charge in [-0.2, -0.15) is 11.8 Å². The molecule has 0 aromatic heterocycles. The Morgan fingerprint density at radius 1 is 1.38 bits per heavy atom. The van der Waals surface area contributed by atoms with E-state index in [0.29, 0.717) is 12.3 Å². The highest BCUT2D eigenvalue weighted by Gasteiger charge is 2.48. The molecule has 0 spiro atoms. The molecular formula is C13H22N2O5S. The lowest BCUT2D eigenvalue weighted by Gasteiger charge is -2.28. The van der Waals surface area contributed by atoms with Crippen LogP contribution in [0.15, 0.2) is 0 Å². The topological polar surface area (TPSA) is 95.9 Å². The first-order chi connectivity index (χ1) is 9.59. The summed E-state index contributed by atoms with van der Waals surface area (Å²) in [5.74, 6) is -0.994. The normalized spacial score (nSPS) is 22.0. The number of amides is 2. The molecule has 1 fully saturated rings. The Morgan fingerprint density at radius 3 is 2.48 bits per heavy atom. The Morgan fingerprint density at radius 2 is 2.00 bits per heavy atom. The smallest absolute Gasteiger partial charge is 0.408 e. The summed E-state index contributed by atoms with van der Waals surface area (Å²) in [5.41, 5.74) is -2.19. The Labute approximate surface area is 128 Å². The van der Waals surface area contributed by atoms with E-state index >= 15 is 0 Å². The minimum atomic E-state index is -1.48. The highest BCUT2D eigenvalue weighted by molar-refractivity contribution is 7.99. The maximum absolute atomic E-state index is 11.8. The predicted molar refractivity (Wildman–Crippen MR) is 79.3 cm³/mol. The number of carbonyl (C=O) groups excluding carboxylic acids is 2. The Kier molecular flexibility index (Phi) is 5.49. The number of alkyl carbamates (subject to hydrolysis) is 1. The SMILES string of the molecule is CSCC(=O)N1CCC(NC(=O)OC(C)(C)C)(C(=O)O)C1. The fourth-order valence-electron chi connectivity index (χ4n) is 2.07. The molecule has 0 radical (unpaired) electrons. The maximum Gasteiger partial charge on any atom is 0.408 e. The van der Waals surface area contributed by atoms with Gasteiger partial charge >= 0.3 is 12.1 Å². The van der Waals surface area contributed by atoms with Gasteiger partial charge in [0.15, 0.2) is 5.54 Å². The van der Waals surface area contributed by atoms with Crippen molar-refractivity contribution in [3.8, 4) is 0 Å². The number of nitrogens with zero attached hydrogens (tertiary/aromatic N) is 1. The highest BCUT2D eigenvalue weighted by atomic mass is 32.2. The van der Waals surface area contributed by atoms with Crippen molar-refractivity contribution in [2.45, 2.75) is 38.3 Å². The highest BCUT2D eigenvalue weighted by Crippen LogP contribution is 2.23. The molecular weight excluding hydrogens is 296 g/mol. The molecule has 1 unspecified atom stereocenters. The van der Waals surface area contributed by atoms with Crippen LogP contribution in [0.1, 0.15) is 27.2 Å². The summed E-state index contributed by atoms with van der Waals surface area (Å²) in [6.45, 7) is 5.36. The van der Waals surface area contributed by atoms with Crippen molar-refractivity contribution in [2.24, 2.45) is 0 Å². The number of aliphatic carboxylic acids is 1. The van der Waals surface area contributed by atoms with Crippen molar-refractivity contribution in [3.63, 3.8) is 0 Å². The Balaban J connectivity index is 2.76. The second kappa shape index (κ2) is 6.55. The summed E-state index contributed by atoms with van der Waals surface area (Å²) in [6.07, 6.45) is 1.18. The van der Waals surface area contributed by atoms with Crippen molar-refractivity contribution >= 4 is 29.7 Å². The summed E-state index contributed by atoms with van der Waals surface area (Å²) in [5, 5.41) is 11.8. The van der Waals surface area contributed by atoms with Gasteiger partial charge in [0.2, 0.25) is 5.91 Å². The number of nitrogens with one attached hydrogen (secondary N) is 1. The average molecular weight is 318 g/mol. The Hall–Kier alpha value is -1.44. The van der Waals surface area contributed by atoms with Crippen LogP contribution in [0.4, 0.5) is 4.79 Å². The average Bonchev–Trinajstić information content (AvgIpc) is 2.72. The molecule has 1 rings (SSSR count). The zero-order valence-electron chi connectivity index (χ0n) is 12.8. The molecule has 1 atom stereocenters. The number of ether oxygens (including phenoxy) is 1. The summed E-state index contributed by atoms with van der Waals surface area (Å²) < 4.78 is 5.10. The minimum Gasteiger partial charge on any atom is -0.479 e. The largest absolute Gasteiger partial charge is 0.479 e. The van der Waals surface area contributed by atoms with Crippen LogP contribution >= 0.6 is 11.8 Å². The number of carboxylic acid groups (broad SMARTS) is 1. The summed E-state index contributed by atoms with van der Waals surface area (Å²) in [7, 11) is 0. The number of likely N-dealkylation sites (tertiary alicyclic amines) is 1. The van der Waals surface area contributed by atoms with E-state index in [1.165, 1.54) is 16.7 Å². The number of rotatable bonds is 4. The standard InChI is InChI=1S/C13H22N2O5S/c1-12(2,3)20-11(19)14-13(10(17)18)5-6-15(8-13)9(16)7-21-4/h5-8H2,1-4H3,(H,14,19)(H,17,18). The van der Waals surface area contributed by atoms with E-state index in [-0.39, 0.29) is 18.9 Å². The van der Waals surface area contributed by atoms with E-state index < -0.39 is 23.2 Å². The maximum atomic E-state index is 11.8. The summed E-state index contributed by atoms with van der Waals surface area (Å²) in [6, 6.07) is 0. The molecule has 120 valence electrons. The van der Waals surface area contributed by atoms with Gasteiger partial charge in [0, 0.05) is 13.0 Å². The van der Waals surface area contributed by atoms with E-state index in [4.69, 9.17) is 4.74 Å². The van der Waals surface area contributed by atoms with Gasteiger partial charge in [-0.05, 0) is 27.0 Å². The van der Waals surface area contributed by atoms with Crippen LogP contribution in [0.25, 0.3) is 0 Å². The third-order valence-corrected chi connectivity index (χ3v) is 3.58. The molecule has 7 nitrogen and oxygen atoms in total. The van der Waals surface area contributed by atoms with Crippen LogP contribution in [0, 0.1) is 0 Å². The number of carbonyl (C=O) groups is 3. The quantitative estimate of drug-likeness (QED) is 0.800. The Bertz CT molecular complexity index is 435. The van der Waals surface area contributed by atoms with Gasteiger partial charge in [-0.3, -0.25) is 4.79 Å². The van der Waals surface area contributed by atoms with Crippen LogP contribution in [0.2, 0.25) is 0 Å². The molecule has 0 saturated carbocycles. The molecule has 0 aromatic rings. The van der Waals surface area contributed by atoms with Gasteiger partial charge in [-0.25, -0.2) is 9.59 Å². The molecule has 21 heavy (non-hydrogen) atoms. The van der Waals surface area contributed by atoms with E-state index in [0.717, 1.165) is 0 Å². The van der Waals surface area contributed by atoms with E-state index in [1.54, 1.807) is 27.0 Å². The van der Waals surface area contributed by atoms with Crippen LogP contribution in [0.3, 0.4) is 0 Å². The molecule has 2 amide bonds. The van der Waals surface area contributed by atoms with Crippen molar-refractivity contribution in [2.75, 3.05) is 25.1 Å². The third-order valence-electron chi connectivity index (χ3n) is 3.04. The predicted octanol–water partition coefficient (Wildman–Crippen LogP) is 0.930. The molecule has 0 aromatic carbocycles. The van der Waals surface area contributed by atoms with Crippen molar-refractivity contribution in [3.05, 3.63) is 0 Å².